The van der Waals surface area contributed by atoms with E-state index in [1.165, 1.54) is 50.1 Å². The van der Waals surface area contributed by atoms with Gasteiger partial charge in [-0.3, -0.25) is 0 Å². The van der Waals surface area contributed by atoms with Crippen molar-refractivity contribution in [2.75, 3.05) is 9.80 Å². The average molecular weight is 925 g/mol. The molecule has 0 bridgehead atoms. The Bertz CT molecular complexity index is 3810. The van der Waals surface area contributed by atoms with Gasteiger partial charge in [0, 0.05) is 44.5 Å². The second-order valence-electron chi connectivity index (χ2n) is 19.5. The molecule has 72 heavy (non-hydrogen) atoms. The second-order valence-corrected chi connectivity index (χ2v) is 19.5. The lowest BCUT2D eigenvalue weighted by molar-refractivity contribution is 0.487. The van der Waals surface area contributed by atoms with Crippen LogP contribution in [-0.4, -0.2) is 0 Å². The number of nitrogens with zero attached hydrogens (tertiary/aromatic N) is 2. The van der Waals surface area contributed by atoms with Crippen LogP contribution in [0.3, 0.4) is 0 Å². The molecule has 3 heteroatoms. The van der Waals surface area contributed by atoms with E-state index in [4.69, 9.17) is 4.74 Å². The maximum atomic E-state index is 7.06. The first kappa shape index (κ1) is 43.1. The minimum absolute atomic E-state index is 0.205. The molecule has 3 aliphatic rings. The normalized spacial score (nSPS) is 15.5. The fourth-order valence-electron chi connectivity index (χ4n) is 12.3. The largest absolute Gasteiger partial charge is 0.456 e. The fourth-order valence-corrected chi connectivity index (χ4v) is 12.3. The zero-order chi connectivity index (χ0) is 48.6. The average Bonchev–Trinajstić information content (AvgIpc) is 3.85. The predicted octanol–water partition coefficient (Wildman–Crippen LogP) is 18.9. The van der Waals surface area contributed by atoms with Crippen LogP contribution in [0.2, 0.25) is 0 Å². The van der Waals surface area contributed by atoms with E-state index in [1.807, 2.05) is 0 Å². The van der Waals surface area contributed by atoms with Gasteiger partial charge in [-0.15, -0.1) is 0 Å². The lowest BCUT2D eigenvalue weighted by Gasteiger charge is -2.36. The molecule has 1 unspecified atom stereocenters. The van der Waals surface area contributed by atoms with Gasteiger partial charge < -0.3 is 14.5 Å². The summed E-state index contributed by atoms with van der Waals surface area (Å²) < 4.78 is 7.06. The zero-order valence-electron chi connectivity index (χ0n) is 40.7. The molecule has 1 aliphatic heterocycles. The number of allylic oxidation sites excluding steroid dienone is 5. The first-order valence-electron chi connectivity index (χ1n) is 25.0. The molecule has 0 saturated heterocycles. The topological polar surface area (TPSA) is 15.7 Å². The van der Waals surface area contributed by atoms with E-state index in [2.05, 4.69) is 286 Å². The SMILES string of the molecule is C=C/C(=C\C=C/C)C1(c2ccccc2)c2ccccc2-c2ccc(N(c3ccc4c(c3)C(C)(C)c3ccccc3-4)c3ccc4c5c(cccc35)-c3c(cccc3N(c3ccccc3)c3ccccc3)O4)cc21. The highest BCUT2D eigenvalue weighted by molar-refractivity contribution is 6.13. The Morgan fingerprint density at radius 1 is 0.458 bits per heavy atom. The Hall–Kier alpha value is -8.92. The highest BCUT2D eigenvalue weighted by atomic mass is 16.5. The van der Waals surface area contributed by atoms with E-state index in [0.29, 0.717) is 0 Å². The van der Waals surface area contributed by atoms with Crippen LogP contribution in [0.25, 0.3) is 44.2 Å². The van der Waals surface area contributed by atoms with Crippen LogP contribution in [0.4, 0.5) is 34.1 Å². The highest BCUT2D eigenvalue weighted by Gasteiger charge is 2.47. The Kier molecular flexibility index (Phi) is 10.1. The zero-order valence-corrected chi connectivity index (χ0v) is 40.7. The van der Waals surface area contributed by atoms with Crippen LogP contribution in [0.15, 0.2) is 261 Å². The number of fused-ring (bicyclic) bond motifs is 8. The van der Waals surface area contributed by atoms with Crippen molar-refractivity contribution in [3.8, 4) is 44.9 Å². The van der Waals surface area contributed by atoms with Gasteiger partial charge in [0.05, 0.1) is 16.8 Å². The van der Waals surface area contributed by atoms with Crippen molar-refractivity contribution in [1.82, 2.24) is 0 Å². The molecular weight excluding hydrogens is 873 g/mol. The van der Waals surface area contributed by atoms with Crippen LogP contribution in [0, 0.1) is 0 Å². The number of benzene rings is 10. The third kappa shape index (κ3) is 6.37. The molecule has 2 aliphatic carbocycles. The van der Waals surface area contributed by atoms with Crippen molar-refractivity contribution >= 4 is 44.9 Å². The van der Waals surface area contributed by atoms with Crippen molar-refractivity contribution in [3.63, 3.8) is 0 Å². The van der Waals surface area contributed by atoms with Crippen LogP contribution in [-0.2, 0) is 10.8 Å². The molecular formula is C69H52N2O. The van der Waals surface area contributed by atoms with E-state index in [0.717, 1.165) is 73.1 Å². The Balaban J connectivity index is 1.08. The number of rotatable bonds is 10. The Morgan fingerprint density at radius 2 is 1.01 bits per heavy atom. The van der Waals surface area contributed by atoms with Crippen LogP contribution in [0.1, 0.15) is 48.6 Å². The Labute approximate surface area is 422 Å². The van der Waals surface area contributed by atoms with Crippen LogP contribution >= 0.6 is 0 Å². The van der Waals surface area contributed by atoms with Gasteiger partial charge in [0.15, 0.2) is 0 Å². The molecule has 1 atom stereocenters. The predicted molar refractivity (Wildman–Crippen MR) is 301 cm³/mol. The monoisotopic (exact) mass is 924 g/mol. The quantitative estimate of drug-likeness (QED) is 0.127. The van der Waals surface area contributed by atoms with Gasteiger partial charge in [-0.05, 0) is 141 Å². The van der Waals surface area contributed by atoms with Crippen molar-refractivity contribution in [1.29, 1.82) is 0 Å². The number of hydrogen-bond donors (Lipinski definition) is 0. The van der Waals surface area contributed by atoms with Gasteiger partial charge in [-0.25, -0.2) is 0 Å². The van der Waals surface area contributed by atoms with E-state index in [-0.39, 0.29) is 5.41 Å². The van der Waals surface area contributed by atoms with Crippen LogP contribution < -0.4 is 14.5 Å². The summed E-state index contributed by atoms with van der Waals surface area (Å²) in [6.07, 6.45) is 8.53. The van der Waals surface area contributed by atoms with Crippen LogP contribution in [0.5, 0.6) is 11.5 Å². The summed E-state index contributed by atoms with van der Waals surface area (Å²) in [4.78, 5) is 4.84. The number of para-hydroxylation sites is 2. The minimum atomic E-state index is -0.644. The van der Waals surface area contributed by atoms with Crippen molar-refractivity contribution in [2.24, 2.45) is 0 Å². The second kappa shape index (κ2) is 16.9. The molecule has 0 aromatic heterocycles. The Morgan fingerprint density at radius 3 is 1.69 bits per heavy atom. The summed E-state index contributed by atoms with van der Waals surface area (Å²) in [5.74, 6) is 1.66. The molecule has 3 nitrogen and oxygen atoms in total. The fraction of sp³-hybridized carbons (Fsp3) is 0.0725. The third-order valence-electron chi connectivity index (χ3n) is 15.4. The van der Waals surface area contributed by atoms with Gasteiger partial charge in [0.1, 0.15) is 11.5 Å². The molecule has 0 amide bonds. The van der Waals surface area contributed by atoms with E-state index >= 15 is 0 Å². The molecule has 10 aromatic rings. The van der Waals surface area contributed by atoms with E-state index in [1.54, 1.807) is 0 Å². The smallest absolute Gasteiger partial charge is 0.137 e. The maximum Gasteiger partial charge on any atom is 0.137 e. The van der Waals surface area contributed by atoms with Crippen molar-refractivity contribution in [3.05, 3.63) is 289 Å². The van der Waals surface area contributed by atoms with E-state index < -0.39 is 5.41 Å². The lowest BCUT2D eigenvalue weighted by Crippen LogP contribution is -2.29. The molecule has 1 heterocycles. The number of ether oxygens (including phenoxy) is 1. The maximum absolute atomic E-state index is 7.06. The van der Waals surface area contributed by atoms with Crippen molar-refractivity contribution in [2.45, 2.75) is 31.6 Å². The molecule has 0 N–H and O–H groups in total. The molecule has 344 valence electrons. The minimum Gasteiger partial charge on any atom is -0.456 e. The number of hydrogen-bond acceptors (Lipinski definition) is 3. The summed E-state index contributed by atoms with van der Waals surface area (Å²) in [6.45, 7) is 11.3. The van der Waals surface area contributed by atoms with Gasteiger partial charge >= 0.3 is 0 Å². The van der Waals surface area contributed by atoms with Gasteiger partial charge in [0.25, 0.3) is 0 Å². The molecule has 10 aromatic carbocycles. The molecule has 0 spiro atoms. The van der Waals surface area contributed by atoms with E-state index in [9.17, 15) is 0 Å². The summed E-state index contributed by atoms with van der Waals surface area (Å²) >= 11 is 0. The molecule has 13 rings (SSSR count). The third-order valence-corrected chi connectivity index (χ3v) is 15.4. The summed E-state index contributed by atoms with van der Waals surface area (Å²) in [5, 5.41) is 2.17. The number of anilines is 6. The standard InChI is InChI=1S/C69H52N2O/c1-5-7-23-46(6-2)69(47-24-11-8-12-25-47)59-35-20-18-31-53(59)55-41-39-51(45-61(55)69)71(50-38-40-54-52-30-17-19-34-58(52)68(3,4)60(54)44-50)62-42-43-65-66-56(62)32-21-33-57(66)67-63(36-22-37-64(67)72-65)70(48-26-13-9-14-27-48)49-28-15-10-16-29-49/h5-45H,2H2,1,3-4H3/b7-5-,46-23+. The lowest BCUT2D eigenvalue weighted by atomic mass is 9.67. The summed E-state index contributed by atoms with van der Waals surface area (Å²) in [7, 11) is 0. The first-order valence-corrected chi connectivity index (χ1v) is 25.0. The van der Waals surface area contributed by atoms with Gasteiger partial charge in [-0.2, -0.15) is 0 Å². The summed E-state index contributed by atoms with van der Waals surface area (Å²) in [6, 6.07) is 81.9. The summed E-state index contributed by atoms with van der Waals surface area (Å²) in [5.41, 5.74) is 20.2. The first-order chi connectivity index (χ1) is 35.4. The van der Waals surface area contributed by atoms with Gasteiger partial charge in [-0.1, -0.05) is 196 Å². The van der Waals surface area contributed by atoms with Crippen molar-refractivity contribution < 1.29 is 4.74 Å². The highest BCUT2D eigenvalue weighted by Crippen LogP contribution is 2.60. The molecule has 0 fully saturated rings. The molecule has 0 radical (unpaired) electrons. The van der Waals surface area contributed by atoms with Gasteiger partial charge in [0.2, 0.25) is 0 Å². The molecule has 0 saturated carbocycles.